The average Bonchev–Trinajstić information content (AvgIpc) is 2.36. The van der Waals surface area contributed by atoms with E-state index in [1.54, 1.807) is 30.3 Å². The highest BCUT2D eigenvalue weighted by atomic mass is 35.5. The maximum Gasteiger partial charge on any atom is 0.229 e. The van der Waals surface area contributed by atoms with Crippen LogP contribution in [0.5, 0.6) is 0 Å². The Morgan fingerprint density at radius 3 is 2.00 bits per heavy atom. The zero-order chi connectivity index (χ0) is 13.8. The van der Waals surface area contributed by atoms with Crippen molar-refractivity contribution < 1.29 is 14.4 Å². The molecule has 0 aliphatic heterocycles. The molecule has 96 valence electrons. The van der Waals surface area contributed by atoms with Crippen molar-refractivity contribution in [2.75, 3.05) is 0 Å². The van der Waals surface area contributed by atoms with E-state index in [0.717, 1.165) is 21.6 Å². The van der Waals surface area contributed by atoms with E-state index in [0.29, 0.717) is 5.56 Å². The van der Waals surface area contributed by atoms with Crippen molar-refractivity contribution in [3.8, 4) is 0 Å². The van der Waals surface area contributed by atoms with E-state index in [4.69, 9.17) is 11.6 Å². The van der Waals surface area contributed by atoms with E-state index >= 15 is 0 Å². The monoisotopic (exact) mass is 302 g/mol. The maximum atomic E-state index is 11.8. The molecule has 0 unspecified atom stereocenters. The third-order valence-corrected chi connectivity index (χ3v) is 5.91. The second-order valence-corrected chi connectivity index (χ2v) is 6.64. The second kappa shape index (κ2) is 6.41. The molecule has 0 amide bonds. The first-order valence-corrected chi connectivity index (χ1v) is 7.56. The van der Waals surface area contributed by atoms with E-state index < -0.39 is 15.8 Å². The maximum absolute atomic E-state index is 11.8. The van der Waals surface area contributed by atoms with E-state index in [1.165, 1.54) is 13.8 Å². The van der Waals surface area contributed by atoms with Gasteiger partial charge in [0, 0.05) is 5.56 Å². The standard InChI is InChI=1S/C12H11ClO3S2/c1-8(14)12(13,9(2)15)18-17-11(16)10-6-4-3-5-7-10/h3-7H,1-2H3. The number of benzene rings is 1. The molecule has 3 nitrogen and oxygen atoms in total. The van der Waals surface area contributed by atoms with Gasteiger partial charge >= 0.3 is 0 Å². The highest BCUT2D eigenvalue weighted by Gasteiger charge is 2.40. The van der Waals surface area contributed by atoms with Crippen LogP contribution >= 0.6 is 33.2 Å². The van der Waals surface area contributed by atoms with Gasteiger partial charge in [-0.1, -0.05) is 41.9 Å². The first-order valence-electron chi connectivity index (χ1n) is 5.04. The number of carbonyl (C=O) groups excluding carboxylic acids is 3. The lowest BCUT2D eigenvalue weighted by Crippen LogP contribution is -2.33. The Morgan fingerprint density at radius 2 is 1.56 bits per heavy atom. The zero-order valence-electron chi connectivity index (χ0n) is 9.81. The number of alkyl halides is 1. The zero-order valence-corrected chi connectivity index (χ0v) is 12.2. The molecule has 1 aromatic carbocycles. The van der Waals surface area contributed by atoms with Crippen LogP contribution in [0.4, 0.5) is 0 Å². The predicted octanol–water partition coefficient (Wildman–Crippen LogP) is 3.32. The molecule has 0 heterocycles. The van der Waals surface area contributed by atoms with Crippen molar-refractivity contribution in [3.63, 3.8) is 0 Å². The van der Waals surface area contributed by atoms with E-state index in [2.05, 4.69) is 0 Å². The molecule has 0 aromatic heterocycles. The predicted molar refractivity (Wildman–Crippen MR) is 75.9 cm³/mol. The van der Waals surface area contributed by atoms with E-state index in [-0.39, 0.29) is 5.12 Å². The lowest BCUT2D eigenvalue weighted by atomic mass is 10.2. The van der Waals surface area contributed by atoms with Crippen molar-refractivity contribution in [2.24, 2.45) is 0 Å². The topological polar surface area (TPSA) is 51.2 Å². The Bertz CT molecular complexity index is 459. The summed E-state index contributed by atoms with van der Waals surface area (Å²) in [4.78, 5) is 34.5. The van der Waals surface area contributed by atoms with Gasteiger partial charge in [0.15, 0.2) is 11.6 Å². The number of hydrogen-bond donors (Lipinski definition) is 0. The Hall–Kier alpha value is -0.780. The van der Waals surface area contributed by atoms with Crippen LogP contribution in [0.3, 0.4) is 0 Å². The molecule has 0 N–H and O–H groups in total. The molecular formula is C12H11ClO3S2. The summed E-state index contributed by atoms with van der Waals surface area (Å²) in [6.45, 7) is 2.46. The number of halogens is 1. The van der Waals surface area contributed by atoms with E-state index in [9.17, 15) is 14.4 Å². The van der Waals surface area contributed by atoms with Crippen molar-refractivity contribution >= 4 is 49.9 Å². The van der Waals surface area contributed by atoms with E-state index in [1.807, 2.05) is 0 Å². The second-order valence-electron chi connectivity index (χ2n) is 3.53. The molecule has 0 bridgehead atoms. The summed E-state index contributed by atoms with van der Waals surface area (Å²) >= 11 is 5.93. The highest BCUT2D eigenvalue weighted by Crippen LogP contribution is 2.42. The first kappa shape index (κ1) is 15.3. The average molecular weight is 303 g/mol. The van der Waals surface area contributed by atoms with Gasteiger partial charge in [-0.2, -0.15) is 0 Å². The Balaban J connectivity index is 2.73. The minimum Gasteiger partial charge on any atom is -0.297 e. The number of rotatable bonds is 5. The van der Waals surface area contributed by atoms with Gasteiger partial charge < -0.3 is 0 Å². The summed E-state index contributed by atoms with van der Waals surface area (Å²) in [7, 11) is 1.57. The molecule has 18 heavy (non-hydrogen) atoms. The first-order chi connectivity index (χ1) is 8.38. The van der Waals surface area contributed by atoms with Gasteiger partial charge in [-0.25, -0.2) is 0 Å². The summed E-state index contributed by atoms with van der Waals surface area (Å²) in [6.07, 6.45) is 0. The fourth-order valence-corrected chi connectivity index (χ4v) is 3.59. The van der Waals surface area contributed by atoms with Crippen molar-refractivity contribution in [1.82, 2.24) is 0 Å². The lowest BCUT2D eigenvalue weighted by Gasteiger charge is -2.18. The number of Topliss-reactive ketones (excluding diaryl/α,β-unsaturated/α-hetero) is 2. The quantitative estimate of drug-likeness (QED) is 0.474. The molecule has 0 aliphatic carbocycles. The van der Waals surface area contributed by atoms with Gasteiger partial charge in [0.1, 0.15) is 0 Å². The number of ketones is 2. The van der Waals surface area contributed by atoms with Gasteiger partial charge in [0.25, 0.3) is 0 Å². The summed E-state index contributed by atoms with van der Waals surface area (Å²) in [5, 5.41) is -0.242. The van der Waals surface area contributed by atoms with Crippen molar-refractivity contribution in [1.29, 1.82) is 0 Å². The number of carbonyl (C=O) groups is 3. The Morgan fingerprint density at radius 1 is 1.06 bits per heavy atom. The molecular weight excluding hydrogens is 292 g/mol. The number of hydrogen-bond acceptors (Lipinski definition) is 5. The third-order valence-electron chi connectivity index (χ3n) is 2.15. The molecule has 0 saturated heterocycles. The van der Waals surface area contributed by atoms with Crippen LogP contribution in [-0.4, -0.2) is 20.9 Å². The van der Waals surface area contributed by atoms with Gasteiger partial charge in [0.05, 0.1) is 0 Å². The molecule has 0 radical (unpaired) electrons. The van der Waals surface area contributed by atoms with Crippen LogP contribution in [0, 0.1) is 0 Å². The summed E-state index contributed by atoms with van der Waals surface area (Å²) < 4.78 is -1.69. The molecule has 1 rings (SSSR count). The van der Waals surface area contributed by atoms with Crippen molar-refractivity contribution in [3.05, 3.63) is 35.9 Å². The summed E-state index contributed by atoms with van der Waals surface area (Å²) in [6, 6.07) is 8.59. The van der Waals surface area contributed by atoms with Gasteiger partial charge in [-0.3, -0.25) is 14.4 Å². The van der Waals surface area contributed by atoms with Gasteiger partial charge in [0.2, 0.25) is 9.32 Å². The molecule has 1 aromatic rings. The molecule has 0 aliphatic rings. The molecule has 6 heteroatoms. The van der Waals surface area contributed by atoms with Crippen LogP contribution in [0.25, 0.3) is 0 Å². The van der Waals surface area contributed by atoms with Crippen LogP contribution in [0.2, 0.25) is 0 Å². The minimum absolute atomic E-state index is 0.242. The molecule has 0 atom stereocenters. The lowest BCUT2D eigenvalue weighted by molar-refractivity contribution is -0.125. The molecule has 0 saturated carbocycles. The molecule has 0 fully saturated rings. The van der Waals surface area contributed by atoms with Gasteiger partial charge in [-0.05, 0) is 35.4 Å². The van der Waals surface area contributed by atoms with Crippen molar-refractivity contribution in [2.45, 2.75) is 18.1 Å². The Labute approximate surface area is 118 Å². The fourth-order valence-electron chi connectivity index (χ4n) is 1.08. The SMILES string of the molecule is CC(=O)C(Cl)(SSC(=O)c1ccccc1)C(C)=O. The van der Waals surface area contributed by atoms with Crippen LogP contribution in [-0.2, 0) is 9.59 Å². The summed E-state index contributed by atoms with van der Waals surface area (Å²) in [5.41, 5.74) is 0.501. The fraction of sp³-hybridized carbons (Fsp3) is 0.250. The smallest absolute Gasteiger partial charge is 0.229 e. The highest BCUT2D eigenvalue weighted by molar-refractivity contribution is 8.83. The largest absolute Gasteiger partial charge is 0.297 e. The van der Waals surface area contributed by atoms with Gasteiger partial charge in [-0.15, -0.1) is 0 Å². The van der Waals surface area contributed by atoms with Crippen LogP contribution in [0.15, 0.2) is 30.3 Å². The third kappa shape index (κ3) is 3.60. The normalized spacial score (nSPS) is 11.1. The summed E-state index contributed by atoms with van der Waals surface area (Å²) in [5.74, 6) is -0.954. The van der Waals surface area contributed by atoms with Crippen LogP contribution < -0.4 is 0 Å². The minimum atomic E-state index is -1.69. The van der Waals surface area contributed by atoms with Crippen LogP contribution in [0.1, 0.15) is 24.2 Å². The Kier molecular flexibility index (Phi) is 5.44. The molecule has 0 spiro atoms.